The number of aliphatic hydroxyl groups is 2. The van der Waals surface area contributed by atoms with Crippen LogP contribution < -0.4 is 0 Å². The second kappa shape index (κ2) is 4.80. The molecule has 0 heterocycles. The van der Waals surface area contributed by atoms with E-state index < -0.39 is 0 Å². The lowest BCUT2D eigenvalue weighted by atomic mass is 9.45. The molecule has 4 aliphatic rings. The Morgan fingerprint density at radius 2 is 1.77 bits per heavy atom. The summed E-state index contributed by atoms with van der Waals surface area (Å²) in [7, 11) is 0. The lowest BCUT2D eigenvalue weighted by Crippen LogP contribution is -2.58. The van der Waals surface area contributed by atoms with Crippen LogP contribution in [0.25, 0.3) is 0 Å². The molecule has 0 aromatic rings. The SMILES string of the molecule is C[C@]12CC[C@@H](O)C[C@H]1CC[C@@H]1[C@H]2C(=O)C[C@]2(C)[C@@H](O)CC[C@@H]12. The number of rotatable bonds is 0. The van der Waals surface area contributed by atoms with E-state index >= 15 is 0 Å². The Bertz CT molecular complexity index is 489. The van der Waals surface area contributed by atoms with Gasteiger partial charge < -0.3 is 10.2 Å². The molecule has 0 bridgehead atoms. The van der Waals surface area contributed by atoms with Crippen LogP contribution in [0.4, 0.5) is 0 Å². The van der Waals surface area contributed by atoms with Crippen molar-refractivity contribution >= 4 is 5.78 Å². The maximum Gasteiger partial charge on any atom is 0.137 e. The predicted molar refractivity (Wildman–Crippen MR) is 84.1 cm³/mol. The smallest absolute Gasteiger partial charge is 0.137 e. The van der Waals surface area contributed by atoms with Gasteiger partial charge in [0.05, 0.1) is 12.2 Å². The Morgan fingerprint density at radius 3 is 2.55 bits per heavy atom. The quantitative estimate of drug-likeness (QED) is 0.723. The molecule has 4 aliphatic carbocycles. The number of carbonyl (C=O) groups excluding carboxylic acids is 1. The number of carbonyl (C=O) groups is 1. The van der Waals surface area contributed by atoms with Crippen LogP contribution in [0.15, 0.2) is 0 Å². The van der Waals surface area contributed by atoms with E-state index in [1.807, 2.05) is 0 Å². The van der Waals surface area contributed by atoms with Crippen LogP contribution in [0, 0.1) is 34.5 Å². The van der Waals surface area contributed by atoms with Gasteiger partial charge in [0.15, 0.2) is 0 Å². The van der Waals surface area contributed by atoms with E-state index in [-0.39, 0.29) is 29.0 Å². The molecule has 124 valence electrons. The summed E-state index contributed by atoms with van der Waals surface area (Å²) in [5.74, 6) is 2.10. The summed E-state index contributed by atoms with van der Waals surface area (Å²) in [6, 6.07) is 0. The van der Waals surface area contributed by atoms with Crippen molar-refractivity contribution in [2.24, 2.45) is 34.5 Å². The van der Waals surface area contributed by atoms with E-state index in [1.54, 1.807) is 0 Å². The molecule has 22 heavy (non-hydrogen) atoms. The summed E-state index contributed by atoms with van der Waals surface area (Å²) in [6.07, 6.45) is 7.11. The molecule has 0 amide bonds. The lowest BCUT2D eigenvalue weighted by Gasteiger charge is -2.59. The number of aliphatic hydroxyl groups excluding tert-OH is 2. The van der Waals surface area contributed by atoms with Crippen LogP contribution in [-0.2, 0) is 4.79 Å². The van der Waals surface area contributed by atoms with Gasteiger partial charge in [-0.15, -0.1) is 0 Å². The van der Waals surface area contributed by atoms with Crippen LogP contribution in [0.3, 0.4) is 0 Å². The number of fused-ring (bicyclic) bond motifs is 5. The fourth-order valence-electron chi connectivity index (χ4n) is 7.03. The molecule has 0 aromatic carbocycles. The number of hydrogen-bond donors (Lipinski definition) is 2. The van der Waals surface area contributed by atoms with Crippen molar-refractivity contribution in [3.05, 3.63) is 0 Å². The predicted octanol–water partition coefficient (Wildman–Crippen LogP) is 2.93. The maximum atomic E-state index is 13.1. The van der Waals surface area contributed by atoms with Crippen LogP contribution in [-0.4, -0.2) is 28.2 Å². The minimum atomic E-state index is -0.291. The highest BCUT2D eigenvalue weighted by atomic mass is 16.3. The molecule has 0 spiro atoms. The van der Waals surface area contributed by atoms with Crippen molar-refractivity contribution in [2.45, 2.75) is 77.4 Å². The van der Waals surface area contributed by atoms with E-state index in [9.17, 15) is 15.0 Å². The van der Waals surface area contributed by atoms with E-state index in [2.05, 4.69) is 13.8 Å². The number of ketones is 1. The minimum absolute atomic E-state index is 0.0914. The molecule has 2 N–H and O–H groups in total. The van der Waals surface area contributed by atoms with E-state index in [0.717, 1.165) is 44.9 Å². The molecule has 3 heteroatoms. The second-order valence-corrected chi connectivity index (χ2v) is 9.20. The molecule has 0 saturated heterocycles. The Morgan fingerprint density at radius 1 is 1.00 bits per heavy atom. The normalized spacial score (nSPS) is 57.9. The minimum Gasteiger partial charge on any atom is -0.393 e. The van der Waals surface area contributed by atoms with Gasteiger partial charge in [-0.1, -0.05) is 13.8 Å². The molecule has 4 fully saturated rings. The first-order valence-corrected chi connectivity index (χ1v) is 9.25. The Labute approximate surface area is 133 Å². The molecular formula is C19H30O3. The van der Waals surface area contributed by atoms with Crippen molar-refractivity contribution in [1.29, 1.82) is 0 Å². The van der Waals surface area contributed by atoms with Crippen LogP contribution in [0.5, 0.6) is 0 Å². The van der Waals surface area contributed by atoms with Crippen molar-refractivity contribution in [3.8, 4) is 0 Å². The van der Waals surface area contributed by atoms with Gasteiger partial charge >= 0.3 is 0 Å². The van der Waals surface area contributed by atoms with Gasteiger partial charge in [-0.3, -0.25) is 4.79 Å². The van der Waals surface area contributed by atoms with Crippen LogP contribution >= 0.6 is 0 Å². The summed E-state index contributed by atoms with van der Waals surface area (Å²) in [6.45, 7) is 4.48. The zero-order valence-electron chi connectivity index (χ0n) is 13.9. The zero-order valence-corrected chi connectivity index (χ0v) is 13.9. The van der Waals surface area contributed by atoms with Gasteiger partial charge in [-0.2, -0.15) is 0 Å². The first kappa shape index (κ1) is 15.1. The van der Waals surface area contributed by atoms with Crippen LogP contribution in [0.1, 0.15) is 65.2 Å². The maximum absolute atomic E-state index is 13.1. The van der Waals surface area contributed by atoms with Crippen molar-refractivity contribution in [2.75, 3.05) is 0 Å². The molecule has 4 saturated carbocycles. The molecule has 0 aliphatic heterocycles. The summed E-state index contributed by atoms with van der Waals surface area (Å²) in [4.78, 5) is 13.1. The van der Waals surface area contributed by atoms with Crippen molar-refractivity contribution in [3.63, 3.8) is 0 Å². The molecule has 0 unspecified atom stereocenters. The number of Topliss-reactive ketones (excluding diaryl/α,β-unsaturated/α-hetero) is 1. The van der Waals surface area contributed by atoms with Gasteiger partial charge in [0.1, 0.15) is 5.78 Å². The average molecular weight is 306 g/mol. The van der Waals surface area contributed by atoms with Gasteiger partial charge in [-0.05, 0) is 68.1 Å². The molecule has 8 atom stereocenters. The fraction of sp³-hybridized carbons (Fsp3) is 0.947. The summed E-state index contributed by atoms with van der Waals surface area (Å²) < 4.78 is 0. The monoisotopic (exact) mass is 306 g/mol. The van der Waals surface area contributed by atoms with Gasteiger partial charge in [-0.25, -0.2) is 0 Å². The van der Waals surface area contributed by atoms with Gasteiger partial charge in [0.25, 0.3) is 0 Å². The highest BCUT2D eigenvalue weighted by Gasteiger charge is 2.63. The summed E-state index contributed by atoms with van der Waals surface area (Å²) >= 11 is 0. The molecule has 0 aromatic heterocycles. The highest BCUT2D eigenvalue weighted by Crippen LogP contribution is 2.65. The molecular weight excluding hydrogens is 276 g/mol. The average Bonchev–Trinajstić information content (AvgIpc) is 2.75. The van der Waals surface area contributed by atoms with Gasteiger partial charge in [0.2, 0.25) is 0 Å². The third-order valence-corrected chi connectivity index (χ3v) is 8.27. The Kier molecular flexibility index (Phi) is 3.30. The molecule has 4 rings (SSSR count). The van der Waals surface area contributed by atoms with E-state index in [1.165, 1.54) is 0 Å². The Hall–Kier alpha value is -0.410. The lowest BCUT2D eigenvalue weighted by molar-refractivity contribution is -0.164. The number of hydrogen-bond acceptors (Lipinski definition) is 3. The first-order valence-electron chi connectivity index (χ1n) is 9.25. The molecule has 3 nitrogen and oxygen atoms in total. The third kappa shape index (κ3) is 1.84. The van der Waals surface area contributed by atoms with Crippen molar-refractivity contribution < 1.29 is 15.0 Å². The molecule has 0 radical (unpaired) electrons. The van der Waals surface area contributed by atoms with Gasteiger partial charge in [0, 0.05) is 17.8 Å². The largest absolute Gasteiger partial charge is 0.393 e. The first-order chi connectivity index (χ1) is 10.4. The fourth-order valence-corrected chi connectivity index (χ4v) is 7.03. The zero-order chi connectivity index (χ0) is 15.7. The summed E-state index contributed by atoms with van der Waals surface area (Å²) in [5.41, 5.74) is -0.0796. The van der Waals surface area contributed by atoms with Crippen LogP contribution in [0.2, 0.25) is 0 Å². The van der Waals surface area contributed by atoms with Crippen molar-refractivity contribution in [1.82, 2.24) is 0 Å². The Balaban J connectivity index is 1.69. The summed E-state index contributed by atoms with van der Waals surface area (Å²) in [5, 5.41) is 20.5. The standard InChI is InChI=1S/C19H30O3/c1-18-8-7-12(20)9-11(18)3-4-13-14-5-6-16(22)19(14,2)10-15(21)17(13)18/h11-14,16-17,20,22H,3-10H2,1-2H3/t11-,12-,13+,14+,16+,17+,18+,19+/m1/s1. The topological polar surface area (TPSA) is 57.5 Å². The van der Waals surface area contributed by atoms with E-state index in [0.29, 0.717) is 30.0 Å². The third-order valence-electron chi connectivity index (χ3n) is 8.27. The highest BCUT2D eigenvalue weighted by molar-refractivity contribution is 5.84. The van der Waals surface area contributed by atoms with E-state index in [4.69, 9.17) is 0 Å². The second-order valence-electron chi connectivity index (χ2n) is 9.20.